The van der Waals surface area contributed by atoms with E-state index in [9.17, 15) is 0 Å². The zero-order valence-corrected chi connectivity index (χ0v) is 10.9. The molecule has 0 saturated heterocycles. The monoisotopic (exact) mass is 247 g/mol. The molecule has 2 unspecified atom stereocenters. The van der Waals surface area contributed by atoms with Crippen LogP contribution in [0.1, 0.15) is 38.2 Å². The van der Waals surface area contributed by atoms with E-state index in [0.717, 1.165) is 5.92 Å². The van der Waals surface area contributed by atoms with Crippen LogP contribution in [0.3, 0.4) is 0 Å². The van der Waals surface area contributed by atoms with Crippen molar-refractivity contribution in [2.75, 3.05) is 6.61 Å². The second kappa shape index (κ2) is 5.85. The first-order valence-corrected chi connectivity index (χ1v) is 6.59. The SMILES string of the molecule is CC1CCCC(COc2ncccc2C(=N)N)C1. The molecule has 1 aromatic heterocycles. The minimum Gasteiger partial charge on any atom is -0.477 e. The van der Waals surface area contributed by atoms with Crippen LogP contribution in [-0.2, 0) is 0 Å². The van der Waals surface area contributed by atoms with Crippen molar-refractivity contribution < 1.29 is 4.74 Å². The van der Waals surface area contributed by atoms with Gasteiger partial charge >= 0.3 is 0 Å². The van der Waals surface area contributed by atoms with Gasteiger partial charge in [0.2, 0.25) is 5.88 Å². The van der Waals surface area contributed by atoms with E-state index in [2.05, 4.69) is 11.9 Å². The fourth-order valence-corrected chi connectivity index (χ4v) is 2.62. The third-order valence-corrected chi connectivity index (χ3v) is 3.56. The highest BCUT2D eigenvalue weighted by Gasteiger charge is 2.20. The first-order valence-electron chi connectivity index (χ1n) is 6.59. The second-order valence-corrected chi connectivity index (χ2v) is 5.22. The number of nitrogens with zero attached hydrogens (tertiary/aromatic N) is 1. The van der Waals surface area contributed by atoms with E-state index in [-0.39, 0.29) is 5.84 Å². The van der Waals surface area contributed by atoms with E-state index in [1.54, 1.807) is 18.3 Å². The van der Waals surface area contributed by atoms with Gasteiger partial charge in [-0.25, -0.2) is 4.98 Å². The Kier molecular flexibility index (Phi) is 4.18. The quantitative estimate of drug-likeness (QED) is 0.634. The summed E-state index contributed by atoms with van der Waals surface area (Å²) in [6.07, 6.45) is 6.75. The third-order valence-electron chi connectivity index (χ3n) is 3.56. The molecule has 1 fully saturated rings. The van der Waals surface area contributed by atoms with E-state index < -0.39 is 0 Å². The zero-order valence-electron chi connectivity index (χ0n) is 10.9. The number of hydrogen-bond donors (Lipinski definition) is 2. The maximum absolute atomic E-state index is 7.49. The molecule has 0 aliphatic heterocycles. The predicted molar refractivity (Wildman–Crippen MR) is 71.9 cm³/mol. The molecule has 3 N–H and O–H groups in total. The second-order valence-electron chi connectivity index (χ2n) is 5.22. The summed E-state index contributed by atoms with van der Waals surface area (Å²) in [7, 11) is 0. The molecular formula is C14H21N3O. The molecular weight excluding hydrogens is 226 g/mol. The van der Waals surface area contributed by atoms with Crippen LogP contribution < -0.4 is 10.5 Å². The molecule has 1 saturated carbocycles. The molecule has 2 atom stereocenters. The number of ether oxygens (including phenoxy) is 1. The van der Waals surface area contributed by atoms with Gasteiger partial charge < -0.3 is 10.5 Å². The number of amidine groups is 1. The Hall–Kier alpha value is -1.58. The van der Waals surface area contributed by atoms with E-state index in [1.807, 2.05) is 0 Å². The van der Waals surface area contributed by atoms with Crippen molar-refractivity contribution in [2.24, 2.45) is 17.6 Å². The van der Waals surface area contributed by atoms with Crippen LogP contribution in [0.15, 0.2) is 18.3 Å². The predicted octanol–water partition coefficient (Wildman–Crippen LogP) is 2.57. The molecule has 4 heteroatoms. The first-order chi connectivity index (χ1) is 8.66. The minimum absolute atomic E-state index is 0.00936. The first kappa shape index (κ1) is 12.9. The van der Waals surface area contributed by atoms with Gasteiger partial charge in [0.05, 0.1) is 12.2 Å². The molecule has 98 valence electrons. The Bertz CT molecular complexity index is 419. The van der Waals surface area contributed by atoms with Crippen molar-refractivity contribution in [1.29, 1.82) is 5.41 Å². The Balaban J connectivity index is 1.95. The summed E-state index contributed by atoms with van der Waals surface area (Å²) < 4.78 is 5.75. The van der Waals surface area contributed by atoms with Crippen molar-refractivity contribution in [2.45, 2.75) is 32.6 Å². The minimum atomic E-state index is 0.00936. The number of rotatable bonds is 4. The van der Waals surface area contributed by atoms with Gasteiger partial charge in [-0.05, 0) is 36.8 Å². The lowest BCUT2D eigenvalue weighted by atomic mass is 9.83. The summed E-state index contributed by atoms with van der Waals surface area (Å²) in [4.78, 5) is 4.16. The number of nitrogen functional groups attached to an aromatic ring is 1. The van der Waals surface area contributed by atoms with Gasteiger partial charge in [0.25, 0.3) is 0 Å². The van der Waals surface area contributed by atoms with Crippen LogP contribution in [0.4, 0.5) is 0 Å². The maximum Gasteiger partial charge on any atom is 0.224 e. The topological polar surface area (TPSA) is 72.0 Å². The summed E-state index contributed by atoms with van der Waals surface area (Å²) >= 11 is 0. The van der Waals surface area contributed by atoms with Gasteiger partial charge in [-0.3, -0.25) is 5.41 Å². The van der Waals surface area contributed by atoms with E-state index in [4.69, 9.17) is 15.9 Å². The summed E-state index contributed by atoms with van der Waals surface area (Å²) in [5.41, 5.74) is 6.09. The highest BCUT2D eigenvalue weighted by molar-refractivity contribution is 5.96. The van der Waals surface area contributed by atoms with Crippen LogP contribution in [0.5, 0.6) is 5.88 Å². The maximum atomic E-state index is 7.49. The van der Waals surface area contributed by atoms with Crippen molar-refractivity contribution in [1.82, 2.24) is 4.98 Å². The third kappa shape index (κ3) is 3.22. The van der Waals surface area contributed by atoms with Crippen LogP contribution in [0.25, 0.3) is 0 Å². The fourth-order valence-electron chi connectivity index (χ4n) is 2.62. The molecule has 4 nitrogen and oxygen atoms in total. The molecule has 1 heterocycles. The largest absolute Gasteiger partial charge is 0.477 e. The Morgan fingerprint density at radius 3 is 3.11 bits per heavy atom. The van der Waals surface area contributed by atoms with E-state index in [0.29, 0.717) is 24.0 Å². The van der Waals surface area contributed by atoms with Crippen LogP contribution >= 0.6 is 0 Å². The number of aromatic nitrogens is 1. The Labute approximate surface area is 108 Å². The summed E-state index contributed by atoms with van der Waals surface area (Å²) in [5.74, 6) is 1.90. The van der Waals surface area contributed by atoms with Crippen molar-refractivity contribution in [3.8, 4) is 5.88 Å². The molecule has 1 aliphatic rings. The smallest absolute Gasteiger partial charge is 0.224 e. The standard InChI is InChI=1S/C14H21N3O/c1-10-4-2-5-11(8-10)9-18-14-12(13(15)16)6-3-7-17-14/h3,6-7,10-11H,2,4-5,8-9H2,1H3,(H3,15,16). The fraction of sp³-hybridized carbons (Fsp3) is 0.571. The van der Waals surface area contributed by atoms with Crippen molar-refractivity contribution >= 4 is 5.84 Å². The number of nitrogens with two attached hydrogens (primary N) is 1. The van der Waals surface area contributed by atoms with Gasteiger partial charge in [0, 0.05) is 6.20 Å². The summed E-state index contributed by atoms with van der Waals surface area (Å²) in [6, 6.07) is 3.54. The zero-order chi connectivity index (χ0) is 13.0. The van der Waals surface area contributed by atoms with Gasteiger partial charge in [0.1, 0.15) is 5.84 Å². The van der Waals surface area contributed by atoms with Crippen molar-refractivity contribution in [3.05, 3.63) is 23.9 Å². The van der Waals surface area contributed by atoms with Crippen molar-refractivity contribution in [3.63, 3.8) is 0 Å². The lowest BCUT2D eigenvalue weighted by Gasteiger charge is -2.26. The van der Waals surface area contributed by atoms with E-state index in [1.165, 1.54) is 25.7 Å². The van der Waals surface area contributed by atoms with Gasteiger partial charge in [-0.1, -0.05) is 19.8 Å². The molecule has 0 aromatic carbocycles. The van der Waals surface area contributed by atoms with Gasteiger partial charge in [-0.2, -0.15) is 0 Å². The molecule has 1 aromatic rings. The number of hydrogen-bond acceptors (Lipinski definition) is 3. The lowest BCUT2D eigenvalue weighted by molar-refractivity contribution is 0.177. The highest BCUT2D eigenvalue weighted by atomic mass is 16.5. The molecule has 0 amide bonds. The number of nitrogens with one attached hydrogen (secondary N) is 1. The average molecular weight is 247 g/mol. The lowest BCUT2D eigenvalue weighted by Crippen LogP contribution is -2.21. The average Bonchev–Trinajstić information content (AvgIpc) is 2.37. The Morgan fingerprint density at radius 1 is 1.56 bits per heavy atom. The normalized spacial score (nSPS) is 23.6. The highest BCUT2D eigenvalue weighted by Crippen LogP contribution is 2.29. The molecule has 0 spiro atoms. The van der Waals surface area contributed by atoms with Crippen LogP contribution in [-0.4, -0.2) is 17.4 Å². The number of pyridine rings is 1. The molecule has 0 bridgehead atoms. The van der Waals surface area contributed by atoms with Crippen LogP contribution in [0.2, 0.25) is 0 Å². The molecule has 2 rings (SSSR count). The molecule has 18 heavy (non-hydrogen) atoms. The molecule has 1 aliphatic carbocycles. The van der Waals surface area contributed by atoms with Gasteiger partial charge in [-0.15, -0.1) is 0 Å². The van der Waals surface area contributed by atoms with E-state index >= 15 is 0 Å². The van der Waals surface area contributed by atoms with Crippen LogP contribution in [0, 0.1) is 17.2 Å². The molecule has 0 radical (unpaired) electrons. The Morgan fingerprint density at radius 2 is 2.39 bits per heavy atom. The summed E-state index contributed by atoms with van der Waals surface area (Å²) in [6.45, 7) is 2.98. The summed E-state index contributed by atoms with van der Waals surface area (Å²) in [5, 5.41) is 7.49. The van der Waals surface area contributed by atoms with Gasteiger partial charge in [0.15, 0.2) is 0 Å².